The summed E-state index contributed by atoms with van der Waals surface area (Å²) in [5, 5.41) is 35.9. The molecule has 4 saturated heterocycles. The first-order valence-electron chi connectivity index (χ1n) is 29.4. The summed E-state index contributed by atoms with van der Waals surface area (Å²) in [5.74, 6) is 0. The van der Waals surface area contributed by atoms with Crippen LogP contribution in [0.25, 0.3) is 0 Å². The van der Waals surface area contributed by atoms with Crippen LogP contribution >= 0.6 is 0 Å². The zero-order chi connectivity index (χ0) is 58.7. The van der Waals surface area contributed by atoms with Gasteiger partial charge in [-0.2, -0.15) is 0 Å². The van der Waals surface area contributed by atoms with E-state index in [-0.39, 0.29) is 59.5 Å². The van der Waals surface area contributed by atoms with Gasteiger partial charge in [0.1, 0.15) is 73.2 Å². The van der Waals surface area contributed by atoms with Gasteiger partial charge in [-0.15, -0.1) is 0 Å². The summed E-state index contributed by atoms with van der Waals surface area (Å²) in [5.41, 5.74) is 6.43. The fraction of sp³-hybridized carbons (Fsp3) is 0.391. The molecule has 11 rings (SSSR count). The molecule has 0 aromatic heterocycles. The molecule has 454 valence electrons. The molecule has 3 N–H and O–H groups in total. The maximum Gasteiger partial charge on any atom is 0.187 e. The third kappa shape index (κ3) is 16.9. The number of aliphatic hydroxyl groups excluding tert-OH is 3. The summed E-state index contributed by atoms with van der Waals surface area (Å²) in [7, 11) is 0. The first kappa shape index (κ1) is 61.5. The summed E-state index contributed by atoms with van der Waals surface area (Å²) >= 11 is 0. The SMILES string of the molecule is O[C@@H]1[C@@H](OC[C@H]2O[C@H](OC[C@H]3O[C@H](O)[C@@H](OCc4ccccc4)[C@@H]3OCc3ccccc3)[C@@H](OCc3ccccc3)[C@@H]2O[C@H]2O[C@H](COCc3ccccc3)[C@@H](OCc3ccccc3)[C@@H]2O)O[C@H](COCc2ccccc2)[C@H]1OCc1ccccc1. The second-order valence-corrected chi connectivity index (χ2v) is 21.7. The molecule has 86 heavy (non-hydrogen) atoms. The summed E-state index contributed by atoms with van der Waals surface area (Å²) in [6, 6.07) is 67.9. The molecule has 7 aromatic carbocycles. The van der Waals surface area contributed by atoms with Crippen molar-refractivity contribution in [3.8, 4) is 0 Å². The Balaban J connectivity index is 0.862. The minimum Gasteiger partial charge on any atom is -0.385 e. The van der Waals surface area contributed by atoms with E-state index in [9.17, 15) is 15.3 Å². The van der Waals surface area contributed by atoms with E-state index < -0.39 is 98.4 Å². The van der Waals surface area contributed by atoms with E-state index in [1.807, 2.05) is 212 Å². The Hall–Kier alpha value is -6.14. The monoisotopic (exact) mass is 1180 g/mol. The molecule has 4 heterocycles. The highest BCUT2D eigenvalue weighted by Crippen LogP contribution is 2.37. The van der Waals surface area contributed by atoms with Crippen LogP contribution in [0.3, 0.4) is 0 Å². The van der Waals surface area contributed by atoms with Crippen LogP contribution in [-0.4, -0.2) is 140 Å². The van der Waals surface area contributed by atoms with Gasteiger partial charge in [-0.1, -0.05) is 212 Å². The average molecular weight is 1180 g/mol. The standard InChI is InChI=1S/C69H76O17/c70-58-60(75-38-49-26-12-3-13-27-49)54(43-73-36-47-22-8-1-9-23-47)83-67(58)80-46-57-63(86-68-59(71)61(76-39-50-28-14-4-15-29-50)55(84-68)44-74-37-48-24-10-2-11-25-48)65(79-42-53-34-20-7-21-35-53)69(85-57)81-45-56-62(77-40-51-30-16-5-17-31-51)64(66(72)82-56)78-41-52-32-18-6-19-33-52/h1-35,54-72H,36-46H2/t54-,55-,56-,57-,58+,59+,60-,61-,62-,63-,64+,65+,66+,67+,68-,69+/m1/s1. The maximum absolute atomic E-state index is 12.3. The van der Waals surface area contributed by atoms with Gasteiger partial charge in [-0.25, -0.2) is 0 Å². The van der Waals surface area contributed by atoms with Gasteiger partial charge < -0.3 is 81.6 Å². The van der Waals surface area contributed by atoms with Crippen molar-refractivity contribution in [2.75, 3.05) is 26.4 Å². The summed E-state index contributed by atoms with van der Waals surface area (Å²) < 4.78 is 91.6. The normalized spacial score (nSPS) is 29.0. The Labute approximate surface area is 502 Å². The summed E-state index contributed by atoms with van der Waals surface area (Å²) in [6.07, 6.45) is -16.6. The second kappa shape index (κ2) is 31.7. The molecular formula is C69H76O17. The smallest absolute Gasteiger partial charge is 0.187 e. The number of aliphatic hydroxyl groups is 3. The molecule has 0 amide bonds. The zero-order valence-electron chi connectivity index (χ0n) is 47.8. The van der Waals surface area contributed by atoms with E-state index in [4.69, 9.17) is 66.3 Å². The fourth-order valence-corrected chi connectivity index (χ4v) is 11.0. The highest BCUT2D eigenvalue weighted by Gasteiger charge is 2.55. The summed E-state index contributed by atoms with van der Waals surface area (Å²) in [6.45, 7) is 1.25. The van der Waals surface area contributed by atoms with Crippen LogP contribution in [0.5, 0.6) is 0 Å². The number of hydrogen-bond acceptors (Lipinski definition) is 17. The third-order valence-corrected chi connectivity index (χ3v) is 15.5. The summed E-state index contributed by atoms with van der Waals surface area (Å²) in [4.78, 5) is 0. The van der Waals surface area contributed by atoms with Gasteiger partial charge in [0.05, 0.1) is 72.7 Å². The van der Waals surface area contributed by atoms with Crippen molar-refractivity contribution in [3.05, 3.63) is 251 Å². The van der Waals surface area contributed by atoms with Gasteiger partial charge in [-0.05, 0) is 38.9 Å². The van der Waals surface area contributed by atoms with Crippen LogP contribution in [0.15, 0.2) is 212 Å². The Morgan fingerprint density at radius 2 is 0.547 bits per heavy atom. The van der Waals surface area contributed by atoms with Gasteiger partial charge >= 0.3 is 0 Å². The van der Waals surface area contributed by atoms with Gasteiger partial charge in [0.2, 0.25) is 0 Å². The molecule has 17 nitrogen and oxygen atoms in total. The van der Waals surface area contributed by atoms with E-state index >= 15 is 0 Å². The molecule has 4 aliphatic heterocycles. The van der Waals surface area contributed by atoms with E-state index in [0.29, 0.717) is 13.2 Å². The van der Waals surface area contributed by atoms with Crippen molar-refractivity contribution in [2.24, 2.45) is 0 Å². The Morgan fingerprint density at radius 3 is 0.953 bits per heavy atom. The Bertz CT molecular complexity index is 3000. The highest BCUT2D eigenvalue weighted by atomic mass is 16.8. The van der Waals surface area contributed by atoms with Crippen molar-refractivity contribution >= 4 is 0 Å². The largest absolute Gasteiger partial charge is 0.385 e. The van der Waals surface area contributed by atoms with Crippen molar-refractivity contribution in [1.29, 1.82) is 0 Å². The molecule has 0 aliphatic carbocycles. The Morgan fingerprint density at radius 1 is 0.256 bits per heavy atom. The molecule has 0 spiro atoms. The van der Waals surface area contributed by atoms with Gasteiger partial charge in [0.25, 0.3) is 0 Å². The van der Waals surface area contributed by atoms with Crippen LogP contribution in [0, 0.1) is 0 Å². The molecule has 17 heteroatoms. The predicted octanol–water partition coefficient (Wildman–Crippen LogP) is 8.38. The lowest BCUT2D eigenvalue weighted by Crippen LogP contribution is -2.46. The fourth-order valence-electron chi connectivity index (χ4n) is 11.0. The minimum atomic E-state index is -1.37. The van der Waals surface area contributed by atoms with Crippen molar-refractivity contribution < 1.29 is 81.6 Å². The quantitative estimate of drug-likeness (QED) is 0.0375. The molecular weight excluding hydrogens is 1100 g/mol. The van der Waals surface area contributed by atoms with Crippen molar-refractivity contribution in [2.45, 2.75) is 145 Å². The first-order valence-corrected chi connectivity index (χ1v) is 29.4. The van der Waals surface area contributed by atoms with E-state index in [2.05, 4.69) is 0 Å². The molecule has 4 fully saturated rings. The van der Waals surface area contributed by atoms with Crippen LogP contribution in [0.1, 0.15) is 38.9 Å². The topological polar surface area (TPSA) is 190 Å². The van der Waals surface area contributed by atoms with Crippen LogP contribution < -0.4 is 0 Å². The van der Waals surface area contributed by atoms with Crippen LogP contribution in [0.4, 0.5) is 0 Å². The number of hydrogen-bond donors (Lipinski definition) is 3. The lowest BCUT2D eigenvalue weighted by Gasteiger charge is -2.29. The van der Waals surface area contributed by atoms with Crippen LogP contribution in [-0.2, 0) is 113 Å². The zero-order valence-corrected chi connectivity index (χ0v) is 47.8. The number of ether oxygens (including phenoxy) is 14. The maximum atomic E-state index is 12.3. The third-order valence-electron chi connectivity index (χ3n) is 15.5. The number of rotatable bonds is 31. The lowest BCUT2D eigenvalue weighted by molar-refractivity contribution is -0.231. The van der Waals surface area contributed by atoms with E-state index in [1.165, 1.54) is 0 Å². The second-order valence-electron chi connectivity index (χ2n) is 21.7. The molecule has 4 aliphatic rings. The molecule has 0 saturated carbocycles. The minimum absolute atomic E-state index is 0.0656. The van der Waals surface area contributed by atoms with E-state index in [0.717, 1.165) is 38.9 Å². The van der Waals surface area contributed by atoms with Crippen molar-refractivity contribution in [1.82, 2.24) is 0 Å². The molecule has 0 bridgehead atoms. The first-order chi connectivity index (χ1) is 42.4. The van der Waals surface area contributed by atoms with Gasteiger partial charge in [-0.3, -0.25) is 0 Å². The van der Waals surface area contributed by atoms with Gasteiger partial charge in [0.15, 0.2) is 25.2 Å². The average Bonchev–Trinajstić information content (AvgIpc) is 2.71. The molecule has 0 unspecified atom stereocenters. The highest BCUT2D eigenvalue weighted by molar-refractivity contribution is 5.19. The molecule has 7 aromatic rings. The Kier molecular flexibility index (Phi) is 22.7. The molecule has 0 radical (unpaired) electrons. The van der Waals surface area contributed by atoms with Crippen molar-refractivity contribution in [3.63, 3.8) is 0 Å². The van der Waals surface area contributed by atoms with Gasteiger partial charge in [0, 0.05) is 0 Å². The predicted molar refractivity (Wildman–Crippen MR) is 313 cm³/mol. The lowest BCUT2D eigenvalue weighted by atomic mass is 10.1. The number of benzene rings is 7. The van der Waals surface area contributed by atoms with E-state index in [1.54, 1.807) is 0 Å². The van der Waals surface area contributed by atoms with Crippen LogP contribution in [0.2, 0.25) is 0 Å². The molecule has 16 atom stereocenters.